The topological polar surface area (TPSA) is 16.4 Å². The van der Waals surface area contributed by atoms with Crippen LogP contribution in [0.5, 0.6) is 0 Å². The number of benzene rings is 1. The maximum Gasteiger partial charge on any atom is 0.223 e. The molecular weight excluding hydrogens is 296 g/mol. The van der Waals surface area contributed by atoms with Gasteiger partial charge in [0.15, 0.2) is 6.61 Å². The number of unbranched alkanes of at least 4 members (excludes halogenated alkanes) is 1. The second kappa shape index (κ2) is 9.31. The Morgan fingerprint density at radius 1 is 0.958 bits per heavy atom. The van der Waals surface area contributed by atoms with Gasteiger partial charge in [-0.25, -0.2) is 0 Å². The van der Waals surface area contributed by atoms with Crippen molar-refractivity contribution in [2.45, 2.75) is 39.5 Å². The number of pyridine rings is 1. The molecule has 1 aromatic heterocycles. The molecule has 1 atom stereocenters. The van der Waals surface area contributed by atoms with Crippen LogP contribution in [-0.4, -0.2) is 20.7 Å². The first-order valence-corrected chi connectivity index (χ1v) is 9.06. The number of hydrogen-bond acceptors (Lipinski definition) is 2. The Labute approximate surface area is 146 Å². The summed E-state index contributed by atoms with van der Waals surface area (Å²) < 4.78 is 1.83. The van der Waals surface area contributed by atoms with Gasteiger partial charge >= 0.3 is 0 Å². The second-order valence-corrected chi connectivity index (χ2v) is 6.60. The fraction of sp³-hybridized carbons (Fsp3) is 0.476. The monoisotopic (exact) mass is 327 g/mol. The highest BCUT2D eigenvalue weighted by Gasteiger charge is 2.11. The SMILES string of the molecule is CCCCC(CC)CO[n+]1ccc(-c2ccc(N(C)C)cc2)cc1. The van der Waals surface area contributed by atoms with E-state index < -0.39 is 0 Å². The van der Waals surface area contributed by atoms with E-state index in [0.717, 1.165) is 6.61 Å². The minimum atomic E-state index is 0.649. The van der Waals surface area contributed by atoms with Crippen molar-refractivity contribution < 1.29 is 9.57 Å². The minimum Gasteiger partial charge on any atom is -0.378 e. The molecule has 130 valence electrons. The molecule has 2 rings (SSSR count). The van der Waals surface area contributed by atoms with Gasteiger partial charge in [0.25, 0.3) is 0 Å². The zero-order valence-corrected chi connectivity index (χ0v) is 15.5. The van der Waals surface area contributed by atoms with Gasteiger partial charge in [-0.05, 0) is 42.0 Å². The van der Waals surface area contributed by atoms with Gasteiger partial charge in [-0.1, -0.05) is 38.8 Å². The van der Waals surface area contributed by atoms with Crippen LogP contribution in [0.4, 0.5) is 5.69 Å². The molecule has 3 heteroatoms. The van der Waals surface area contributed by atoms with Crippen molar-refractivity contribution in [2.24, 2.45) is 5.92 Å². The lowest BCUT2D eigenvalue weighted by atomic mass is 10.0. The van der Waals surface area contributed by atoms with Crippen molar-refractivity contribution in [3.05, 3.63) is 48.8 Å². The van der Waals surface area contributed by atoms with Gasteiger partial charge in [0.1, 0.15) is 0 Å². The molecule has 1 unspecified atom stereocenters. The van der Waals surface area contributed by atoms with Crippen molar-refractivity contribution in [3.8, 4) is 11.1 Å². The molecule has 0 aliphatic carbocycles. The maximum absolute atomic E-state index is 5.91. The van der Waals surface area contributed by atoms with Crippen LogP contribution in [0.1, 0.15) is 39.5 Å². The molecule has 0 amide bonds. The predicted octanol–water partition coefficient (Wildman–Crippen LogP) is 4.35. The van der Waals surface area contributed by atoms with Gasteiger partial charge in [0.05, 0.1) is 0 Å². The molecule has 1 aromatic carbocycles. The Kier molecular flexibility index (Phi) is 7.10. The molecule has 0 saturated heterocycles. The molecule has 0 aliphatic rings. The van der Waals surface area contributed by atoms with Crippen LogP contribution in [0.3, 0.4) is 0 Å². The predicted molar refractivity (Wildman–Crippen MR) is 101 cm³/mol. The van der Waals surface area contributed by atoms with Crippen molar-refractivity contribution in [3.63, 3.8) is 0 Å². The average Bonchev–Trinajstić information content (AvgIpc) is 2.62. The van der Waals surface area contributed by atoms with Crippen LogP contribution in [0.2, 0.25) is 0 Å². The van der Waals surface area contributed by atoms with Gasteiger partial charge in [-0.3, -0.25) is 4.84 Å². The first-order chi connectivity index (χ1) is 11.6. The molecule has 3 nitrogen and oxygen atoms in total. The molecule has 24 heavy (non-hydrogen) atoms. The summed E-state index contributed by atoms with van der Waals surface area (Å²) in [6.07, 6.45) is 8.98. The lowest BCUT2D eigenvalue weighted by Gasteiger charge is -2.12. The van der Waals surface area contributed by atoms with E-state index in [9.17, 15) is 0 Å². The molecule has 0 N–H and O–H groups in total. The number of nitrogens with zero attached hydrogens (tertiary/aromatic N) is 2. The molecule has 2 aromatic rings. The Morgan fingerprint density at radius 3 is 2.12 bits per heavy atom. The van der Waals surface area contributed by atoms with Crippen LogP contribution in [0.25, 0.3) is 11.1 Å². The van der Waals surface area contributed by atoms with Crippen molar-refractivity contribution in [1.29, 1.82) is 0 Å². The van der Waals surface area contributed by atoms with Crippen LogP contribution in [0.15, 0.2) is 48.8 Å². The van der Waals surface area contributed by atoms with E-state index >= 15 is 0 Å². The summed E-state index contributed by atoms with van der Waals surface area (Å²) in [6.45, 7) is 5.28. The highest BCUT2D eigenvalue weighted by Crippen LogP contribution is 2.21. The van der Waals surface area contributed by atoms with Gasteiger partial charge in [0.2, 0.25) is 12.4 Å². The van der Waals surface area contributed by atoms with E-state index in [2.05, 4.69) is 69.2 Å². The normalized spacial score (nSPS) is 12.0. The summed E-state index contributed by atoms with van der Waals surface area (Å²) in [5.41, 5.74) is 3.64. The average molecular weight is 327 g/mol. The van der Waals surface area contributed by atoms with Crippen molar-refractivity contribution in [2.75, 3.05) is 25.6 Å². The van der Waals surface area contributed by atoms with E-state index in [1.807, 2.05) is 17.1 Å². The Hall–Kier alpha value is -2.03. The summed E-state index contributed by atoms with van der Waals surface area (Å²) in [7, 11) is 4.11. The van der Waals surface area contributed by atoms with E-state index in [1.54, 1.807) is 0 Å². The minimum absolute atomic E-state index is 0.649. The van der Waals surface area contributed by atoms with E-state index in [0.29, 0.717) is 5.92 Å². The van der Waals surface area contributed by atoms with Gasteiger partial charge in [-0.2, -0.15) is 0 Å². The summed E-state index contributed by atoms with van der Waals surface area (Å²) >= 11 is 0. The van der Waals surface area contributed by atoms with Gasteiger partial charge in [-0.15, -0.1) is 0 Å². The summed E-state index contributed by atoms with van der Waals surface area (Å²) in [6, 6.07) is 12.8. The maximum atomic E-state index is 5.91. The first-order valence-electron chi connectivity index (χ1n) is 9.06. The lowest BCUT2D eigenvalue weighted by Crippen LogP contribution is -2.43. The largest absolute Gasteiger partial charge is 0.378 e. The molecule has 0 radical (unpaired) electrons. The highest BCUT2D eigenvalue weighted by molar-refractivity contribution is 5.65. The second-order valence-electron chi connectivity index (χ2n) is 6.60. The smallest absolute Gasteiger partial charge is 0.223 e. The first kappa shape index (κ1) is 18.3. The third-order valence-corrected chi connectivity index (χ3v) is 4.52. The summed E-state index contributed by atoms with van der Waals surface area (Å²) in [4.78, 5) is 8.02. The number of aromatic nitrogens is 1. The summed E-state index contributed by atoms with van der Waals surface area (Å²) in [5.74, 6) is 0.649. The van der Waals surface area contributed by atoms with Crippen molar-refractivity contribution >= 4 is 5.69 Å². The Balaban J connectivity index is 1.94. The number of hydrogen-bond donors (Lipinski definition) is 0. The van der Waals surface area contributed by atoms with Crippen LogP contribution in [0, 0.1) is 5.92 Å². The molecule has 1 heterocycles. The standard InChI is InChI=1S/C21H31N2O/c1-5-7-8-18(6-2)17-24-23-15-13-20(14-16-23)19-9-11-21(12-10-19)22(3)4/h9-16,18H,5-8,17H2,1-4H3/q+1. The number of rotatable bonds is 9. The van der Waals surface area contributed by atoms with E-state index in [4.69, 9.17) is 4.84 Å². The summed E-state index contributed by atoms with van der Waals surface area (Å²) in [5, 5.41) is 0. The fourth-order valence-corrected chi connectivity index (χ4v) is 2.73. The Morgan fingerprint density at radius 2 is 1.58 bits per heavy atom. The molecular formula is C21H31N2O+. The molecule has 0 fully saturated rings. The lowest BCUT2D eigenvalue weighted by molar-refractivity contribution is -0.892. The van der Waals surface area contributed by atoms with Crippen molar-refractivity contribution in [1.82, 2.24) is 0 Å². The van der Waals surface area contributed by atoms with E-state index in [-0.39, 0.29) is 0 Å². The molecule has 0 bridgehead atoms. The van der Waals surface area contributed by atoms with Gasteiger partial charge in [0, 0.05) is 36.6 Å². The zero-order chi connectivity index (χ0) is 17.4. The fourth-order valence-electron chi connectivity index (χ4n) is 2.73. The number of anilines is 1. The van der Waals surface area contributed by atoms with Crippen LogP contribution >= 0.6 is 0 Å². The molecule has 0 aliphatic heterocycles. The third-order valence-electron chi connectivity index (χ3n) is 4.52. The van der Waals surface area contributed by atoms with Crippen LogP contribution in [-0.2, 0) is 0 Å². The molecule has 0 saturated carbocycles. The van der Waals surface area contributed by atoms with Gasteiger partial charge < -0.3 is 4.90 Å². The quantitative estimate of drug-likeness (QED) is 0.637. The highest BCUT2D eigenvalue weighted by atomic mass is 16.7. The third kappa shape index (κ3) is 5.26. The molecule has 0 spiro atoms. The Bertz CT molecular complexity index is 590. The van der Waals surface area contributed by atoms with Crippen LogP contribution < -0.4 is 14.5 Å². The van der Waals surface area contributed by atoms with E-state index in [1.165, 1.54) is 42.5 Å². The zero-order valence-electron chi connectivity index (χ0n) is 15.5.